The number of aromatic hydroxyl groups is 1. The standard InChI is InChI=1S/C20H25O4P/c1-12(2)18-10-15(5-7-19(18)21)17-6-4-16-9-14(11-25(22,23)24)8-13(3)20(16)17/h5,7-10,12,17,21H,4,6,11H2,1-3H3,(H2,22,23,24)/t17-/m0/s1. The first kappa shape index (κ1) is 18.2. The summed E-state index contributed by atoms with van der Waals surface area (Å²) < 4.78 is 11.3. The smallest absolute Gasteiger partial charge is 0.329 e. The van der Waals surface area contributed by atoms with Crippen LogP contribution in [0.2, 0.25) is 0 Å². The molecule has 2 aromatic rings. The van der Waals surface area contributed by atoms with Gasteiger partial charge in [0.05, 0.1) is 6.16 Å². The summed E-state index contributed by atoms with van der Waals surface area (Å²) in [5.74, 6) is 0.871. The van der Waals surface area contributed by atoms with Crippen LogP contribution in [-0.4, -0.2) is 14.9 Å². The third-order valence-electron chi connectivity index (χ3n) is 5.05. The second kappa shape index (κ2) is 6.60. The molecule has 0 radical (unpaired) electrons. The van der Waals surface area contributed by atoms with Crippen LogP contribution in [0.5, 0.6) is 5.75 Å². The first-order chi connectivity index (χ1) is 11.7. The average molecular weight is 360 g/mol. The molecule has 3 rings (SSSR count). The number of rotatable bonds is 4. The summed E-state index contributed by atoms with van der Waals surface area (Å²) in [7, 11) is -4.06. The van der Waals surface area contributed by atoms with Gasteiger partial charge >= 0.3 is 7.60 Å². The van der Waals surface area contributed by atoms with Crippen LogP contribution in [0, 0.1) is 6.92 Å². The molecule has 1 aliphatic rings. The Morgan fingerprint density at radius 2 is 1.92 bits per heavy atom. The minimum Gasteiger partial charge on any atom is -0.508 e. The molecule has 0 amide bonds. The van der Waals surface area contributed by atoms with Gasteiger partial charge in [-0.05, 0) is 65.1 Å². The van der Waals surface area contributed by atoms with Gasteiger partial charge in [-0.3, -0.25) is 4.57 Å². The number of hydrogen-bond acceptors (Lipinski definition) is 2. The van der Waals surface area contributed by atoms with Crippen LogP contribution < -0.4 is 0 Å². The Balaban J connectivity index is 2.00. The van der Waals surface area contributed by atoms with Crippen molar-refractivity contribution in [3.05, 3.63) is 63.7 Å². The molecule has 0 heterocycles. The maximum absolute atomic E-state index is 11.3. The molecule has 5 heteroatoms. The minimum absolute atomic E-state index is 0.206. The van der Waals surface area contributed by atoms with E-state index in [2.05, 4.69) is 19.9 Å². The normalized spacial score (nSPS) is 17.1. The van der Waals surface area contributed by atoms with E-state index in [1.54, 1.807) is 6.07 Å². The van der Waals surface area contributed by atoms with Crippen LogP contribution in [0.1, 0.15) is 65.5 Å². The lowest BCUT2D eigenvalue weighted by molar-refractivity contribution is 0.371. The third-order valence-corrected chi connectivity index (χ3v) is 5.82. The minimum atomic E-state index is -4.06. The van der Waals surface area contributed by atoms with E-state index in [1.165, 1.54) is 16.7 Å². The topological polar surface area (TPSA) is 77.8 Å². The van der Waals surface area contributed by atoms with E-state index < -0.39 is 7.60 Å². The molecule has 0 spiro atoms. The molecule has 0 bridgehead atoms. The molecule has 25 heavy (non-hydrogen) atoms. The first-order valence-electron chi connectivity index (χ1n) is 8.65. The number of aryl methyl sites for hydroxylation is 2. The van der Waals surface area contributed by atoms with Crippen LogP contribution in [0.15, 0.2) is 30.3 Å². The fraction of sp³-hybridized carbons (Fsp3) is 0.400. The predicted molar refractivity (Wildman–Crippen MR) is 99.3 cm³/mol. The molecule has 0 saturated heterocycles. The van der Waals surface area contributed by atoms with Crippen LogP contribution in [-0.2, 0) is 17.1 Å². The van der Waals surface area contributed by atoms with Crippen LogP contribution in [0.3, 0.4) is 0 Å². The first-order valence-corrected chi connectivity index (χ1v) is 10.4. The summed E-state index contributed by atoms with van der Waals surface area (Å²) in [5, 5.41) is 10.1. The van der Waals surface area contributed by atoms with E-state index >= 15 is 0 Å². The van der Waals surface area contributed by atoms with Gasteiger partial charge < -0.3 is 14.9 Å². The largest absolute Gasteiger partial charge is 0.508 e. The molecule has 0 aromatic heterocycles. The third kappa shape index (κ3) is 3.82. The Morgan fingerprint density at radius 3 is 2.56 bits per heavy atom. The summed E-state index contributed by atoms with van der Waals surface area (Å²) in [5.41, 5.74) is 6.41. The van der Waals surface area contributed by atoms with Crippen molar-refractivity contribution in [2.24, 2.45) is 0 Å². The molecule has 134 valence electrons. The monoisotopic (exact) mass is 360 g/mol. The molecular weight excluding hydrogens is 335 g/mol. The molecule has 0 fully saturated rings. The van der Waals surface area contributed by atoms with E-state index in [-0.39, 0.29) is 18.0 Å². The lowest BCUT2D eigenvalue weighted by atomic mass is 9.87. The highest BCUT2D eigenvalue weighted by molar-refractivity contribution is 7.50. The molecule has 3 N–H and O–H groups in total. The highest BCUT2D eigenvalue weighted by Gasteiger charge is 2.28. The highest BCUT2D eigenvalue weighted by atomic mass is 31.2. The molecule has 1 atom stereocenters. The van der Waals surface area contributed by atoms with Gasteiger partial charge in [0.2, 0.25) is 0 Å². The lowest BCUT2D eigenvalue weighted by Gasteiger charge is -2.18. The maximum atomic E-state index is 11.3. The Labute approximate surface area is 148 Å². The van der Waals surface area contributed by atoms with Crippen molar-refractivity contribution in [3.8, 4) is 5.75 Å². The van der Waals surface area contributed by atoms with Gasteiger partial charge in [0.1, 0.15) is 5.75 Å². The van der Waals surface area contributed by atoms with E-state index in [0.29, 0.717) is 11.3 Å². The number of benzene rings is 2. The van der Waals surface area contributed by atoms with Gasteiger partial charge in [-0.25, -0.2) is 0 Å². The van der Waals surface area contributed by atoms with Crippen LogP contribution in [0.4, 0.5) is 0 Å². The van der Waals surface area contributed by atoms with Crippen LogP contribution in [0.25, 0.3) is 0 Å². The van der Waals surface area contributed by atoms with Crippen molar-refractivity contribution >= 4 is 7.60 Å². The van der Waals surface area contributed by atoms with Crippen molar-refractivity contribution in [1.82, 2.24) is 0 Å². The Morgan fingerprint density at radius 1 is 1.20 bits per heavy atom. The summed E-state index contributed by atoms with van der Waals surface area (Å²) in [4.78, 5) is 18.5. The number of hydrogen-bond donors (Lipinski definition) is 3. The fourth-order valence-corrected chi connectivity index (χ4v) is 4.67. The molecule has 0 saturated carbocycles. The van der Waals surface area contributed by atoms with Crippen molar-refractivity contribution in [3.63, 3.8) is 0 Å². The van der Waals surface area contributed by atoms with E-state index in [1.807, 2.05) is 25.1 Å². The van der Waals surface area contributed by atoms with Gasteiger partial charge in [0.15, 0.2) is 0 Å². The summed E-state index contributed by atoms with van der Waals surface area (Å²) in [6.45, 7) is 6.16. The lowest BCUT2D eigenvalue weighted by Crippen LogP contribution is -2.02. The van der Waals surface area contributed by atoms with Gasteiger partial charge in [-0.15, -0.1) is 0 Å². The molecular formula is C20H25O4P. The van der Waals surface area contributed by atoms with Gasteiger partial charge in [0.25, 0.3) is 0 Å². The van der Waals surface area contributed by atoms with Crippen molar-refractivity contribution in [2.75, 3.05) is 0 Å². The number of phenols is 1. The molecule has 0 aliphatic heterocycles. The van der Waals surface area contributed by atoms with Crippen molar-refractivity contribution in [2.45, 2.75) is 51.6 Å². The maximum Gasteiger partial charge on any atom is 0.329 e. The Kier molecular flexibility index (Phi) is 4.80. The van der Waals surface area contributed by atoms with E-state index in [0.717, 1.165) is 24.0 Å². The van der Waals surface area contributed by atoms with Gasteiger partial charge in [0, 0.05) is 5.92 Å². The second-order valence-corrected chi connectivity index (χ2v) is 9.02. The highest BCUT2D eigenvalue weighted by Crippen LogP contribution is 2.45. The van der Waals surface area contributed by atoms with E-state index in [4.69, 9.17) is 0 Å². The van der Waals surface area contributed by atoms with Crippen molar-refractivity contribution < 1.29 is 19.5 Å². The quantitative estimate of drug-likeness (QED) is 0.698. The summed E-state index contributed by atoms with van der Waals surface area (Å²) in [6.07, 6.45) is 1.69. The number of fused-ring (bicyclic) bond motifs is 1. The molecule has 1 aliphatic carbocycles. The van der Waals surface area contributed by atoms with Crippen molar-refractivity contribution in [1.29, 1.82) is 0 Å². The predicted octanol–water partition coefficient (Wildman–Crippen LogP) is 4.58. The average Bonchev–Trinajstić information content (AvgIpc) is 2.90. The summed E-state index contributed by atoms with van der Waals surface area (Å²) in [6, 6.07) is 9.72. The zero-order valence-electron chi connectivity index (χ0n) is 14.9. The van der Waals surface area contributed by atoms with Gasteiger partial charge in [-0.2, -0.15) is 0 Å². The molecule has 0 unspecified atom stereocenters. The fourth-order valence-electron chi connectivity index (χ4n) is 4.02. The van der Waals surface area contributed by atoms with Crippen LogP contribution >= 0.6 is 7.60 Å². The Hall–Kier alpha value is -1.61. The van der Waals surface area contributed by atoms with Gasteiger partial charge in [-0.1, -0.05) is 38.1 Å². The molecule has 4 nitrogen and oxygen atoms in total. The zero-order valence-corrected chi connectivity index (χ0v) is 15.8. The number of phenolic OH excluding ortho intramolecular Hbond substituents is 1. The zero-order chi connectivity index (χ0) is 18.4. The van der Waals surface area contributed by atoms with E-state index in [9.17, 15) is 19.5 Å². The second-order valence-electron chi connectivity index (χ2n) is 7.37. The Bertz CT molecular complexity index is 851. The SMILES string of the molecule is Cc1cc(CP(=O)(O)O)cc2c1[C@H](c1ccc(O)c(C(C)C)c1)CC2. The molecule has 2 aromatic carbocycles. The summed E-state index contributed by atoms with van der Waals surface area (Å²) >= 11 is 0.